The molecule has 0 fully saturated rings. The van der Waals surface area contributed by atoms with Crippen molar-refractivity contribution in [3.63, 3.8) is 0 Å². The molecule has 1 amide bonds. The van der Waals surface area contributed by atoms with E-state index in [4.69, 9.17) is 13.9 Å². The average molecular weight is 562 g/mol. The molecule has 1 N–H and O–H groups in total. The second kappa shape index (κ2) is 10.1. The third kappa shape index (κ3) is 4.60. The van der Waals surface area contributed by atoms with Crippen molar-refractivity contribution in [2.75, 3.05) is 13.7 Å². The van der Waals surface area contributed by atoms with Crippen molar-refractivity contribution in [1.29, 1.82) is 0 Å². The molecule has 0 spiro atoms. The number of methoxy groups -OCH3 is 1. The fraction of sp³-hybridized carbons (Fsp3) is 0.172. The molecule has 1 aromatic heterocycles. The fourth-order valence-electron chi connectivity index (χ4n) is 4.58. The first-order valence-electron chi connectivity index (χ1n) is 11.7. The summed E-state index contributed by atoms with van der Waals surface area (Å²) in [5.74, 6) is -0.497. The molecule has 0 saturated carbocycles. The minimum atomic E-state index is -0.847. The number of hydrogen-bond donors (Lipinski definition) is 1. The Bertz CT molecular complexity index is 1520. The lowest BCUT2D eigenvalue weighted by Crippen LogP contribution is -2.30. The molecule has 3 aromatic carbocycles. The summed E-state index contributed by atoms with van der Waals surface area (Å²) in [5.41, 5.74) is 1.88. The largest absolute Gasteiger partial charge is 0.503 e. The van der Waals surface area contributed by atoms with Gasteiger partial charge in [-0.15, -0.1) is 0 Å². The van der Waals surface area contributed by atoms with Crippen molar-refractivity contribution in [2.45, 2.75) is 19.5 Å². The van der Waals surface area contributed by atoms with Crippen molar-refractivity contribution < 1.29 is 28.6 Å². The van der Waals surface area contributed by atoms with Crippen LogP contribution in [-0.4, -0.2) is 35.4 Å². The molecule has 0 radical (unpaired) electrons. The van der Waals surface area contributed by atoms with Gasteiger partial charge in [-0.05, 0) is 55.0 Å². The maximum Gasteiger partial charge on any atom is 0.290 e. The number of carbonyl (C=O) groups is 2. The van der Waals surface area contributed by atoms with Crippen LogP contribution in [0.4, 0.5) is 0 Å². The molecule has 1 aliphatic heterocycles. The maximum absolute atomic E-state index is 13.8. The zero-order valence-corrected chi connectivity index (χ0v) is 21.8. The van der Waals surface area contributed by atoms with Crippen LogP contribution in [0.1, 0.15) is 34.6 Å². The van der Waals surface area contributed by atoms with Crippen LogP contribution in [0.15, 0.2) is 93.0 Å². The van der Waals surface area contributed by atoms with Crippen LogP contribution in [0.5, 0.6) is 11.5 Å². The standard InChI is InChI=1S/C29H24BrNO6/c1-3-36-21-11-8-17(9-12-21)26-25(27(32)24-15-19-14-20(30)10-13-23(19)37-24)28(33)29(34)31(26)16-18-6-4-5-7-22(18)35-2/h4-15,26,33H,3,16H2,1-2H3. The molecule has 0 saturated heterocycles. The SMILES string of the molecule is CCOc1ccc(C2C(C(=O)c3cc4cc(Br)ccc4o3)=C(O)C(=O)N2Cc2ccccc2OC)cc1. The number of carbonyl (C=O) groups excluding carboxylic acids is 2. The fourth-order valence-corrected chi connectivity index (χ4v) is 4.96. The lowest BCUT2D eigenvalue weighted by atomic mass is 9.94. The van der Waals surface area contributed by atoms with E-state index in [-0.39, 0.29) is 17.9 Å². The number of fused-ring (bicyclic) bond motifs is 1. The minimum Gasteiger partial charge on any atom is -0.503 e. The number of rotatable bonds is 8. The van der Waals surface area contributed by atoms with Gasteiger partial charge in [0, 0.05) is 15.4 Å². The van der Waals surface area contributed by atoms with E-state index in [1.807, 2.05) is 37.3 Å². The zero-order valence-electron chi connectivity index (χ0n) is 20.2. The van der Waals surface area contributed by atoms with Crippen LogP contribution in [0, 0.1) is 0 Å². The summed E-state index contributed by atoms with van der Waals surface area (Å²) in [6, 6.07) is 20.6. The second-order valence-corrected chi connectivity index (χ2v) is 9.45. The number of ether oxygens (including phenoxy) is 2. The molecular formula is C29H24BrNO6. The first kappa shape index (κ1) is 24.6. The topological polar surface area (TPSA) is 89.2 Å². The number of furan rings is 1. The van der Waals surface area contributed by atoms with E-state index in [2.05, 4.69) is 15.9 Å². The molecular weight excluding hydrogens is 538 g/mol. The van der Waals surface area contributed by atoms with Gasteiger partial charge in [0.2, 0.25) is 5.78 Å². The van der Waals surface area contributed by atoms with Crippen LogP contribution in [-0.2, 0) is 11.3 Å². The lowest BCUT2D eigenvalue weighted by Gasteiger charge is -2.27. The number of Topliss-reactive ketones (excluding diaryl/α,β-unsaturated/α-hetero) is 1. The highest BCUT2D eigenvalue weighted by Gasteiger charge is 2.44. The molecule has 1 aliphatic rings. The molecule has 7 nitrogen and oxygen atoms in total. The van der Waals surface area contributed by atoms with E-state index in [1.54, 1.807) is 49.6 Å². The van der Waals surface area contributed by atoms with Gasteiger partial charge in [-0.3, -0.25) is 9.59 Å². The number of ketones is 1. The number of aliphatic hydroxyl groups is 1. The highest BCUT2D eigenvalue weighted by Crippen LogP contribution is 2.41. The smallest absolute Gasteiger partial charge is 0.290 e. The van der Waals surface area contributed by atoms with Crippen LogP contribution in [0.3, 0.4) is 0 Å². The number of amides is 1. The monoisotopic (exact) mass is 561 g/mol. The van der Waals surface area contributed by atoms with Gasteiger partial charge in [0.1, 0.15) is 17.1 Å². The van der Waals surface area contributed by atoms with Crippen LogP contribution in [0.25, 0.3) is 11.0 Å². The highest BCUT2D eigenvalue weighted by molar-refractivity contribution is 9.10. The Kier molecular flexibility index (Phi) is 6.76. The van der Waals surface area contributed by atoms with E-state index in [1.165, 1.54) is 4.90 Å². The number of aliphatic hydroxyl groups excluding tert-OH is 1. The molecule has 37 heavy (non-hydrogen) atoms. The molecule has 188 valence electrons. The number of benzene rings is 3. The normalized spacial score (nSPS) is 15.5. The third-order valence-electron chi connectivity index (χ3n) is 6.29. The summed E-state index contributed by atoms with van der Waals surface area (Å²) in [6.07, 6.45) is 0. The van der Waals surface area contributed by atoms with Crippen molar-refractivity contribution >= 4 is 38.6 Å². The van der Waals surface area contributed by atoms with Gasteiger partial charge in [0.15, 0.2) is 11.5 Å². The van der Waals surface area contributed by atoms with E-state index >= 15 is 0 Å². The van der Waals surface area contributed by atoms with Gasteiger partial charge < -0.3 is 23.9 Å². The molecule has 5 rings (SSSR count). The molecule has 1 atom stereocenters. The first-order valence-corrected chi connectivity index (χ1v) is 12.5. The van der Waals surface area contributed by atoms with E-state index in [0.717, 1.165) is 15.4 Å². The van der Waals surface area contributed by atoms with Crippen molar-refractivity contribution in [1.82, 2.24) is 4.90 Å². The molecule has 0 bridgehead atoms. The minimum absolute atomic E-state index is 0.0394. The molecule has 2 heterocycles. The van der Waals surface area contributed by atoms with E-state index in [9.17, 15) is 14.7 Å². The maximum atomic E-state index is 13.8. The molecule has 4 aromatic rings. The Balaban J connectivity index is 1.59. The van der Waals surface area contributed by atoms with Gasteiger partial charge in [0.05, 0.1) is 31.9 Å². The third-order valence-corrected chi connectivity index (χ3v) is 6.78. The first-order chi connectivity index (χ1) is 17.9. The summed E-state index contributed by atoms with van der Waals surface area (Å²) in [4.78, 5) is 28.6. The van der Waals surface area contributed by atoms with Crippen LogP contribution in [0.2, 0.25) is 0 Å². The Morgan fingerprint density at radius 1 is 1.08 bits per heavy atom. The summed E-state index contributed by atoms with van der Waals surface area (Å²) >= 11 is 3.42. The van der Waals surface area contributed by atoms with E-state index in [0.29, 0.717) is 29.3 Å². The second-order valence-electron chi connectivity index (χ2n) is 8.53. The summed E-state index contributed by atoms with van der Waals surface area (Å²) in [7, 11) is 1.55. The number of nitrogens with zero attached hydrogens (tertiary/aromatic N) is 1. The number of para-hydroxylation sites is 1. The number of hydrogen-bond acceptors (Lipinski definition) is 6. The molecule has 0 aliphatic carbocycles. The Morgan fingerprint density at radius 3 is 2.57 bits per heavy atom. The zero-order chi connectivity index (χ0) is 26.1. The molecule has 1 unspecified atom stereocenters. The Morgan fingerprint density at radius 2 is 1.84 bits per heavy atom. The predicted molar refractivity (Wildman–Crippen MR) is 142 cm³/mol. The lowest BCUT2D eigenvalue weighted by molar-refractivity contribution is -0.130. The number of halogens is 1. The van der Waals surface area contributed by atoms with Crippen molar-refractivity contribution in [3.05, 3.63) is 105 Å². The van der Waals surface area contributed by atoms with Gasteiger partial charge in [-0.25, -0.2) is 0 Å². The van der Waals surface area contributed by atoms with E-state index < -0.39 is 23.5 Å². The summed E-state index contributed by atoms with van der Waals surface area (Å²) in [6.45, 7) is 2.52. The summed E-state index contributed by atoms with van der Waals surface area (Å²) in [5, 5.41) is 11.7. The highest BCUT2D eigenvalue weighted by atomic mass is 79.9. The quantitative estimate of drug-likeness (QED) is 0.251. The summed E-state index contributed by atoms with van der Waals surface area (Å²) < 4.78 is 17.7. The van der Waals surface area contributed by atoms with Crippen LogP contribution < -0.4 is 9.47 Å². The van der Waals surface area contributed by atoms with Gasteiger partial charge >= 0.3 is 0 Å². The van der Waals surface area contributed by atoms with Crippen LogP contribution >= 0.6 is 15.9 Å². The Labute approximate surface area is 222 Å². The van der Waals surface area contributed by atoms with Gasteiger partial charge in [-0.2, -0.15) is 0 Å². The Hall–Kier alpha value is -4.04. The van der Waals surface area contributed by atoms with Crippen molar-refractivity contribution in [2.24, 2.45) is 0 Å². The average Bonchev–Trinajstić information content (AvgIpc) is 3.43. The van der Waals surface area contributed by atoms with Gasteiger partial charge in [-0.1, -0.05) is 46.3 Å². The predicted octanol–water partition coefficient (Wildman–Crippen LogP) is 6.38. The van der Waals surface area contributed by atoms with Crippen molar-refractivity contribution in [3.8, 4) is 11.5 Å². The molecule has 8 heteroatoms. The van der Waals surface area contributed by atoms with Gasteiger partial charge in [0.25, 0.3) is 5.91 Å².